The molecule has 0 bridgehead atoms. The van der Waals surface area contributed by atoms with Crippen LogP contribution in [-0.4, -0.2) is 33.9 Å². The molecule has 2 aromatic rings. The Balaban J connectivity index is 1.66. The molecule has 0 unspecified atom stereocenters. The molecule has 1 heterocycles. The van der Waals surface area contributed by atoms with Gasteiger partial charge in [-0.15, -0.1) is 0 Å². The summed E-state index contributed by atoms with van der Waals surface area (Å²) >= 11 is 0. The largest absolute Gasteiger partial charge is 0.497 e. The van der Waals surface area contributed by atoms with Crippen LogP contribution in [0.4, 0.5) is 5.82 Å². The van der Waals surface area contributed by atoms with Crippen LogP contribution in [0.5, 0.6) is 5.75 Å². The number of carbonyl (C=O) groups excluding carboxylic acids is 1. The summed E-state index contributed by atoms with van der Waals surface area (Å²) in [4.78, 5) is 23.3. The second-order valence-corrected chi connectivity index (χ2v) is 5.84. The predicted octanol–water partition coefficient (Wildman–Crippen LogP) is 1.99. The van der Waals surface area contributed by atoms with E-state index >= 15 is 0 Å². The molecular weight excluding hydrogens is 310 g/mol. The Labute approximate surface area is 139 Å². The van der Waals surface area contributed by atoms with Gasteiger partial charge in [-0.2, -0.15) is 5.10 Å². The van der Waals surface area contributed by atoms with Crippen LogP contribution in [0.1, 0.15) is 18.4 Å². The van der Waals surface area contributed by atoms with Crippen LogP contribution in [0, 0.1) is 11.8 Å². The first-order valence-electron chi connectivity index (χ1n) is 7.77. The molecule has 0 aliphatic heterocycles. The number of amides is 1. The van der Waals surface area contributed by atoms with Crippen molar-refractivity contribution in [2.75, 3.05) is 12.4 Å². The van der Waals surface area contributed by atoms with Crippen molar-refractivity contribution in [3.8, 4) is 5.75 Å². The zero-order valence-corrected chi connectivity index (χ0v) is 13.3. The minimum atomic E-state index is -0.909. The Morgan fingerprint density at radius 2 is 1.96 bits per heavy atom. The molecule has 3 rings (SSSR count). The molecule has 2 atom stereocenters. The first-order chi connectivity index (χ1) is 11.6. The number of methoxy groups -OCH3 is 1. The summed E-state index contributed by atoms with van der Waals surface area (Å²) in [6.45, 7) is 0.500. The molecule has 0 radical (unpaired) electrons. The molecule has 1 aromatic carbocycles. The number of aromatic nitrogens is 2. The van der Waals surface area contributed by atoms with Gasteiger partial charge in [0.05, 0.1) is 31.7 Å². The van der Waals surface area contributed by atoms with Crippen LogP contribution in [0.15, 0.2) is 36.5 Å². The van der Waals surface area contributed by atoms with Crippen LogP contribution in [0.2, 0.25) is 0 Å². The molecule has 1 fully saturated rings. The van der Waals surface area contributed by atoms with Gasteiger partial charge in [-0.05, 0) is 30.5 Å². The number of nitrogens with one attached hydrogen (secondary N) is 1. The molecule has 24 heavy (non-hydrogen) atoms. The second kappa shape index (κ2) is 6.74. The van der Waals surface area contributed by atoms with E-state index in [-0.39, 0.29) is 5.91 Å². The summed E-state index contributed by atoms with van der Waals surface area (Å²) in [5, 5.41) is 16.1. The van der Waals surface area contributed by atoms with Gasteiger partial charge in [-0.3, -0.25) is 9.59 Å². The first-order valence-corrected chi connectivity index (χ1v) is 7.77. The maximum atomic E-state index is 12.3. The number of nitrogens with zero attached hydrogens (tertiary/aromatic N) is 2. The van der Waals surface area contributed by atoms with Crippen LogP contribution in [0.3, 0.4) is 0 Å². The number of aliphatic carboxylic acids is 1. The molecule has 1 aliphatic rings. The van der Waals surface area contributed by atoms with Crippen molar-refractivity contribution in [2.24, 2.45) is 11.8 Å². The summed E-state index contributed by atoms with van der Waals surface area (Å²) in [5.74, 6) is -0.877. The monoisotopic (exact) mass is 329 g/mol. The Kier molecular flexibility index (Phi) is 4.50. The number of rotatable bonds is 6. The molecule has 7 nitrogen and oxygen atoms in total. The molecule has 0 saturated heterocycles. The molecule has 126 valence electrons. The van der Waals surface area contributed by atoms with Gasteiger partial charge in [0, 0.05) is 6.07 Å². The number of carboxylic acid groups (broad SMARTS) is 1. The predicted molar refractivity (Wildman–Crippen MR) is 86.8 cm³/mol. The molecule has 7 heteroatoms. The Morgan fingerprint density at radius 1 is 1.25 bits per heavy atom. The zero-order valence-electron chi connectivity index (χ0n) is 13.3. The normalized spacial score (nSPS) is 19.4. The molecule has 0 spiro atoms. The van der Waals surface area contributed by atoms with E-state index < -0.39 is 17.8 Å². The highest BCUT2D eigenvalue weighted by Gasteiger charge is 2.41. The number of hydrogen-bond acceptors (Lipinski definition) is 4. The fourth-order valence-electron chi connectivity index (χ4n) is 2.80. The third-order valence-electron chi connectivity index (χ3n) is 4.39. The summed E-state index contributed by atoms with van der Waals surface area (Å²) < 4.78 is 6.80. The minimum Gasteiger partial charge on any atom is -0.497 e. The highest BCUT2D eigenvalue weighted by atomic mass is 16.5. The number of carbonyl (C=O) groups is 2. The average Bonchev–Trinajstić information content (AvgIpc) is 2.93. The Bertz CT molecular complexity index is 739. The van der Waals surface area contributed by atoms with Crippen molar-refractivity contribution < 1.29 is 19.4 Å². The third-order valence-corrected chi connectivity index (χ3v) is 4.39. The summed E-state index contributed by atoms with van der Waals surface area (Å²) in [5.41, 5.74) is 1.02. The molecule has 1 saturated carbocycles. The highest BCUT2D eigenvalue weighted by molar-refractivity contribution is 5.95. The molecule has 2 N–H and O–H groups in total. The lowest BCUT2D eigenvalue weighted by Gasteiger charge is -2.31. The van der Waals surface area contributed by atoms with Gasteiger partial charge in [0.15, 0.2) is 0 Å². The van der Waals surface area contributed by atoms with E-state index in [2.05, 4.69) is 10.4 Å². The summed E-state index contributed by atoms with van der Waals surface area (Å²) in [6.07, 6.45) is 2.77. The second-order valence-electron chi connectivity index (χ2n) is 5.84. The highest BCUT2D eigenvalue weighted by Crippen LogP contribution is 2.35. The standard InChI is InChI=1S/C17H19N3O4/c1-24-12-4-2-11(3-5-12)10-20-15(8-9-18-20)19-16(21)13-6-7-14(13)17(22)23/h2-5,8-9,13-14H,6-7,10H2,1H3,(H,19,21)(H,22,23)/t13-,14-/m1/s1. The van der Waals surface area contributed by atoms with Crippen molar-refractivity contribution in [1.82, 2.24) is 9.78 Å². The number of hydrogen-bond donors (Lipinski definition) is 2. The SMILES string of the molecule is COc1ccc(Cn2nccc2NC(=O)[C@@H]2CC[C@H]2C(=O)O)cc1. The van der Waals surface area contributed by atoms with Gasteiger partial charge in [0.25, 0.3) is 0 Å². The quantitative estimate of drug-likeness (QED) is 0.845. The van der Waals surface area contributed by atoms with E-state index in [1.54, 1.807) is 24.1 Å². The third kappa shape index (κ3) is 3.24. The van der Waals surface area contributed by atoms with Crippen LogP contribution in [0.25, 0.3) is 0 Å². The summed E-state index contributed by atoms with van der Waals surface area (Å²) in [7, 11) is 1.61. The van der Waals surface area contributed by atoms with E-state index in [1.807, 2.05) is 24.3 Å². The maximum Gasteiger partial charge on any atom is 0.307 e. The van der Waals surface area contributed by atoms with Crippen LogP contribution < -0.4 is 10.1 Å². The van der Waals surface area contributed by atoms with Gasteiger partial charge in [0.1, 0.15) is 11.6 Å². The van der Waals surface area contributed by atoms with Gasteiger partial charge in [-0.1, -0.05) is 12.1 Å². The molecular formula is C17H19N3O4. The van der Waals surface area contributed by atoms with Gasteiger partial charge in [0.2, 0.25) is 5.91 Å². The topological polar surface area (TPSA) is 93.5 Å². The lowest BCUT2D eigenvalue weighted by Crippen LogP contribution is -2.41. The van der Waals surface area contributed by atoms with Gasteiger partial charge >= 0.3 is 5.97 Å². The van der Waals surface area contributed by atoms with Gasteiger partial charge in [-0.25, -0.2) is 4.68 Å². The van der Waals surface area contributed by atoms with Crippen molar-refractivity contribution >= 4 is 17.7 Å². The van der Waals surface area contributed by atoms with E-state index in [9.17, 15) is 9.59 Å². The van der Waals surface area contributed by atoms with Crippen molar-refractivity contribution in [3.05, 3.63) is 42.1 Å². The number of carboxylic acids is 1. The molecule has 1 aromatic heterocycles. The summed E-state index contributed by atoms with van der Waals surface area (Å²) in [6, 6.07) is 9.29. The lowest BCUT2D eigenvalue weighted by atomic mass is 9.73. The first kappa shape index (κ1) is 16.0. The Morgan fingerprint density at radius 3 is 2.54 bits per heavy atom. The number of anilines is 1. The van der Waals surface area contributed by atoms with Gasteiger partial charge < -0.3 is 15.2 Å². The smallest absolute Gasteiger partial charge is 0.307 e. The van der Waals surface area contributed by atoms with E-state index in [4.69, 9.17) is 9.84 Å². The van der Waals surface area contributed by atoms with Crippen LogP contribution in [-0.2, 0) is 16.1 Å². The fourth-order valence-corrected chi connectivity index (χ4v) is 2.80. The number of benzene rings is 1. The van der Waals surface area contributed by atoms with Crippen molar-refractivity contribution in [2.45, 2.75) is 19.4 Å². The average molecular weight is 329 g/mol. The van der Waals surface area contributed by atoms with Crippen molar-refractivity contribution in [3.63, 3.8) is 0 Å². The lowest BCUT2D eigenvalue weighted by molar-refractivity contribution is -0.151. The molecule has 1 aliphatic carbocycles. The van der Waals surface area contributed by atoms with Crippen LogP contribution >= 0.6 is 0 Å². The Hall–Kier alpha value is -2.83. The zero-order chi connectivity index (χ0) is 17.1. The van der Waals surface area contributed by atoms with E-state index in [0.717, 1.165) is 11.3 Å². The maximum absolute atomic E-state index is 12.3. The molecule has 1 amide bonds. The fraction of sp³-hybridized carbons (Fsp3) is 0.353. The van der Waals surface area contributed by atoms with E-state index in [0.29, 0.717) is 25.2 Å². The van der Waals surface area contributed by atoms with E-state index in [1.165, 1.54) is 0 Å². The number of ether oxygens (including phenoxy) is 1. The minimum absolute atomic E-state index is 0.259. The van der Waals surface area contributed by atoms with Crippen molar-refractivity contribution in [1.29, 1.82) is 0 Å².